The highest BCUT2D eigenvalue weighted by atomic mass is 32.1. The highest BCUT2D eigenvalue weighted by Gasteiger charge is 2.46. The number of nitrogens with zero attached hydrogens (tertiary/aromatic N) is 4. The Kier molecular flexibility index (Phi) is 9.11. The molecule has 2 saturated heterocycles. The van der Waals surface area contributed by atoms with E-state index in [9.17, 15) is 19.2 Å². The first kappa shape index (κ1) is 29.2. The lowest BCUT2D eigenvalue weighted by Crippen LogP contribution is -2.60. The summed E-state index contributed by atoms with van der Waals surface area (Å²) in [6.45, 7) is 0.655. The normalized spacial score (nSPS) is 18.9. The van der Waals surface area contributed by atoms with Crippen LogP contribution >= 0.6 is 11.3 Å². The average molecular weight is 590 g/mol. The Morgan fingerprint density at radius 1 is 1.07 bits per heavy atom. The Bertz CT molecular complexity index is 1450. The molecular weight excluding hydrogens is 554 g/mol. The number of aliphatic imine (C=N–C) groups is 1. The lowest BCUT2D eigenvalue weighted by molar-refractivity contribution is -0.151. The lowest BCUT2D eigenvalue weighted by Gasteiger charge is -2.39. The maximum Gasteiger partial charge on any atom is 0.243 e. The fourth-order valence-electron chi connectivity index (χ4n) is 5.67. The van der Waals surface area contributed by atoms with Crippen molar-refractivity contribution in [3.8, 4) is 0 Å². The van der Waals surface area contributed by atoms with Crippen LogP contribution in [0.3, 0.4) is 0 Å². The van der Waals surface area contributed by atoms with Gasteiger partial charge in [-0.2, -0.15) is 0 Å². The van der Waals surface area contributed by atoms with Crippen LogP contribution in [0.4, 0.5) is 0 Å². The van der Waals surface area contributed by atoms with Crippen molar-refractivity contribution in [3.63, 3.8) is 0 Å². The van der Waals surface area contributed by atoms with Crippen molar-refractivity contribution in [1.82, 2.24) is 20.1 Å². The number of para-hydroxylation sites is 1. The SMILES string of the molecule is NC(N)=NCCC[C@H](NC(=O)[C@@H]1CC[C@H]2CN(C(=O)CCc3ccccc3)CC(=O)N21)C(=O)c1nc2ccccc2s1. The molecule has 3 amide bonds. The fraction of sp³-hybridized carbons (Fsp3) is 0.400. The number of nitrogens with one attached hydrogen (secondary N) is 1. The third-order valence-electron chi connectivity index (χ3n) is 7.76. The highest BCUT2D eigenvalue weighted by molar-refractivity contribution is 7.20. The monoisotopic (exact) mass is 589 g/mol. The van der Waals surface area contributed by atoms with Crippen LogP contribution in [0.2, 0.25) is 0 Å². The Hall–Kier alpha value is -4.32. The Balaban J connectivity index is 1.23. The Morgan fingerprint density at radius 2 is 1.83 bits per heavy atom. The zero-order chi connectivity index (χ0) is 29.6. The van der Waals surface area contributed by atoms with Gasteiger partial charge in [0.15, 0.2) is 11.0 Å². The van der Waals surface area contributed by atoms with Gasteiger partial charge in [0.05, 0.1) is 28.8 Å². The average Bonchev–Trinajstić information content (AvgIpc) is 3.62. The molecule has 0 unspecified atom stereocenters. The van der Waals surface area contributed by atoms with Crippen molar-refractivity contribution >= 4 is 51.0 Å². The second kappa shape index (κ2) is 13.1. The molecule has 42 heavy (non-hydrogen) atoms. The molecule has 0 saturated carbocycles. The summed E-state index contributed by atoms with van der Waals surface area (Å²) in [6.07, 6.45) is 2.78. The maximum atomic E-state index is 13.6. The predicted octanol–water partition coefficient (Wildman–Crippen LogP) is 1.85. The number of ketones is 1. The van der Waals surface area contributed by atoms with Gasteiger partial charge in [0.1, 0.15) is 6.04 Å². The van der Waals surface area contributed by atoms with Gasteiger partial charge in [-0.25, -0.2) is 4.98 Å². The van der Waals surface area contributed by atoms with E-state index < -0.39 is 12.1 Å². The summed E-state index contributed by atoms with van der Waals surface area (Å²) in [6, 6.07) is 15.5. The van der Waals surface area contributed by atoms with Gasteiger partial charge in [-0.3, -0.25) is 24.2 Å². The van der Waals surface area contributed by atoms with Gasteiger partial charge < -0.3 is 26.6 Å². The van der Waals surface area contributed by atoms with Crippen molar-refractivity contribution in [3.05, 3.63) is 65.2 Å². The Labute approximate surface area is 248 Å². The molecule has 5 rings (SSSR count). The molecule has 2 aliphatic rings. The van der Waals surface area contributed by atoms with Crippen LogP contribution in [0.15, 0.2) is 59.6 Å². The molecule has 3 heterocycles. The van der Waals surface area contributed by atoms with Gasteiger partial charge in [-0.15, -0.1) is 11.3 Å². The molecule has 2 fully saturated rings. The molecule has 1 aromatic heterocycles. The second-order valence-corrected chi connectivity index (χ2v) is 11.7. The molecule has 5 N–H and O–H groups in total. The zero-order valence-corrected chi connectivity index (χ0v) is 24.1. The van der Waals surface area contributed by atoms with E-state index >= 15 is 0 Å². The molecule has 220 valence electrons. The predicted molar refractivity (Wildman–Crippen MR) is 161 cm³/mol. The number of amides is 3. The first-order chi connectivity index (χ1) is 20.3. The zero-order valence-electron chi connectivity index (χ0n) is 23.3. The summed E-state index contributed by atoms with van der Waals surface area (Å²) in [5.41, 5.74) is 12.7. The molecule has 0 spiro atoms. The van der Waals surface area contributed by atoms with Gasteiger partial charge in [-0.05, 0) is 49.8 Å². The number of fused-ring (bicyclic) bond motifs is 2. The molecule has 12 heteroatoms. The molecule has 3 atom stereocenters. The number of guanidine groups is 1. The molecule has 0 aliphatic carbocycles. The number of nitrogens with two attached hydrogens (primary N) is 2. The van der Waals surface area contributed by atoms with E-state index in [0.29, 0.717) is 56.6 Å². The minimum absolute atomic E-state index is 0.0405. The van der Waals surface area contributed by atoms with Gasteiger partial charge in [0, 0.05) is 19.5 Å². The van der Waals surface area contributed by atoms with Crippen LogP contribution < -0.4 is 16.8 Å². The number of carbonyl (C=O) groups is 4. The molecule has 11 nitrogen and oxygen atoms in total. The van der Waals surface area contributed by atoms with Gasteiger partial charge >= 0.3 is 0 Å². The summed E-state index contributed by atoms with van der Waals surface area (Å²) in [5.74, 6) is -1.03. The largest absolute Gasteiger partial charge is 0.370 e. The van der Waals surface area contributed by atoms with Crippen LogP contribution in [0.5, 0.6) is 0 Å². The van der Waals surface area contributed by atoms with E-state index in [1.807, 2.05) is 54.6 Å². The van der Waals surface area contributed by atoms with Crippen LogP contribution in [-0.2, 0) is 20.8 Å². The maximum absolute atomic E-state index is 13.6. The standard InChI is InChI=1S/C30H35N7O4S/c31-30(32)33-16-6-10-22(27(40)29-35-21-9-4-5-11-24(21)42-29)34-28(41)23-14-13-20-17-36(18-26(39)37(20)23)25(38)15-12-19-7-2-1-3-8-19/h1-5,7-9,11,20,22-23H,6,10,12-18H2,(H,34,41)(H4,31,32,33)/t20-,22-,23-/m0/s1. The first-order valence-corrected chi connectivity index (χ1v) is 15.0. The van der Waals surface area contributed by atoms with Gasteiger partial charge in [-0.1, -0.05) is 42.5 Å². The summed E-state index contributed by atoms with van der Waals surface area (Å²) >= 11 is 1.28. The minimum atomic E-state index is -0.845. The summed E-state index contributed by atoms with van der Waals surface area (Å²) in [5, 5.41) is 3.22. The van der Waals surface area contributed by atoms with Crippen molar-refractivity contribution in [2.75, 3.05) is 19.6 Å². The van der Waals surface area contributed by atoms with Crippen molar-refractivity contribution in [2.24, 2.45) is 16.5 Å². The number of rotatable bonds is 11. The quantitative estimate of drug-likeness (QED) is 0.133. The summed E-state index contributed by atoms with van der Waals surface area (Å²) in [4.78, 5) is 64.9. The van der Waals surface area contributed by atoms with Gasteiger partial charge in [0.2, 0.25) is 23.5 Å². The van der Waals surface area contributed by atoms with E-state index in [2.05, 4.69) is 15.3 Å². The van der Waals surface area contributed by atoms with Crippen molar-refractivity contribution in [1.29, 1.82) is 0 Å². The number of Topliss-reactive ketones (excluding diaryl/α,β-unsaturated/α-hetero) is 1. The molecule has 2 aromatic carbocycles. The number of hydrogen-bond donors (Lipinski definition) is 3. The van der Waals surface area contributed by atoms with Gasteiger partial charge in [0.25, 0.3) is 0 Å². The number of hydrogen-bond acceptors (Lipinski definition) is 7. The molecular formula is C30H35N7O4S. The van der Waals surface area contributed by atoms with Crippen LogP contribution in [0.1, 0.15) is 47.5 Å². The van der Waals surface area contributed by atoms with E-state index in [4.69, 9.17) is 11.5 Å². The highest BCUT2D eigenvalue weighted by Crippen LogP contribution is 2.29. The first-order valence-electron chi connectivity index (χ1n) is 14.2. The molecule has 0 bridgehead atoms. The number of aromatic nitrogens is 1. The topological polar surface area (TPSA) is 164 Å². The number of benzene rings is 2. The van der Waals surface area contributed by atoms with Crippen molar-refractivity contribution < 1.29 is 19.2 Å². The smallest absolute Gasteiger partial charge is 0.243 e. The number of aryl methyl sites for hydroxylation is 1. The molecule has 2 aliphatic heterocycles. The van der Waals surface area contributed by atoms with Crippen molar-refractivity contribution in [2.45, 2.75) is 56.7 Å². The summed E-state index contributed by atoms with van der Waals surface area (Å²) < 4.78 is 0.881. The number of piperazine rings is 1. The third kappa shape index (κ3) is 6.76. The Morgan fingerprint density at radius 3 is 2.60 bits per heavy atom. The van der Waals surface area contributed by atoms with E-state index in [1.165, 1.54) is 11.3 Å². The second-order valence-electron chi connectivity index (χ2n) is 10.7. The van der Waals surface area contributed by atoms with Crippen LogP contribution in [0, 0.1) is 0 Å². The molecule has 3 aromatic rings. The third-order valence-corrected chi connectivity index (χ3v) is 8.81. The minimum Gasteiger partial charge on any atom is -0.370 e. The fourth-order valence-corrected chi connectivity index (χ4v) is 6.63. The van der Waals surface area contributed by atoms with E-state index in [0.717, 1.165) is 15.8 Å². The van der Waals surface area contributed by atoms with E-state index in [-0.39, 0.29) is 42.1 Å². The van der Waals surface area contributed by atoms with Crippen LogP contribution in [-0.4, -0.2) is 82.0 Å². The molecule has 0 radical (unpaired) electrons. The summed E-state index contributed by atoms with van der Waals surface area (Å²) in [7, 11) is 0. The number of thiazole rings is 1. The lowest BCUT2D eigenvalue weighted by atomic mass is 10.1. The van der Waals surface area contributed by atoms with Crippen LogP contribution in [0.25, 0.3) is 10.2 Å². The number of carbonyl (C=O) groups excluding carboxylic acids is 4. The van der Waals surface area contributed by atoms with E-state index in [1.54, 1.807) is 9.80 Å².